The van der Waals surface area contributed by atoms with Crippen molar-refractivity contribution in [2.24, 2.45) is 0 Å². The molecule has 1 atom stereocenters. The van der Waals surface area contributed by atoms with Gasteiger partial charge in [-0.05, 0) is 51.3 Å². The maximum absolute atomic E-state index is 2.39. The molecule has 1 heteroatoms. The number of hydrogen-bond acceptors (Lipinski definition) is 0. The predicted octanol–water partition coefficient (Wildman–Crippen LogP) is 4.25. The third kappa shape index (κ3) is 2.51. The second-order valence-corrected chi connectivity index (χ2v) is 8.38. The average Bonchev–Trinajstić information content (AvgIpc) is 2.75. The van der Waals surface area contributed by atoms with Crippen molar-refractivity contribution in [1.29, 1.82) is 0 Å². The Morgan fingerprint density at radius 1 is 1.00 bits per heavy atom. The minimum Gasteiger partial charge on any atom is -0.0619 e. The second kappa shape index (κ2) is 4.99. The standard InChI is InChI=1S/C20H24Si/c1-13-11-15(20(2,3)4)9-10-16(13)18-12-14-7-5-6-8-17(14)19(18)21/h5-12,19H,1-4,21H3. The summed E-state index contributed by atoms with van der Waals surface area (Å²) in [4.78, 5) is 0. The normalized spacial score (nSPS) is 17.7. The zero-order valence-corrected chi connectivity index (χ0v) is 15.7. The summed E-state index contributed by atoms with van der Waals surface area (Å²) in [5, 5.41) is 0. The van der Waals surface area contributed by atoms with E-state index in [9.17, 15) is 0 Å². The van der Waals surface area contributed by atoms with Crippen LogP contribution in [0.25, 0.3) is 11.6 Å². The van der Waals surface area contributed by atoms with Gasteiger partial charge in [-0.2, -0.15) is 0 Å². The SMILES string of the molecule is Cc1cc(C(C)(C)C)ccc1C1=Cc2ccccc2C1[SiH3]. The molecule has 0 aliphatic heterocycles. The quantitative estimate of drug-likeness (QED) is 0.689. The van der Waals surface area contributed by atoms with Crippen molar-refractivity contribution >= 4 is 21.9 Å². The van der Waals surface area contributed by atoms with E-state index in [-0.39, 0.29) is 5.41 Å². The number of allylic oxidation sites excluding steroid dienone is 1. The zero-order valence-electron chi connectivity index (χ0n) is 13.7. The second-order valence-electron chi connectivity index (χ2n) is 7.23. The predicted molar refractivity (Wildman–Crippen MR) is 96.9 cm³/mol. The molecule has 0 saturated heterocycles. The van der Waals surface area contributed by atoms with E-state index < -0.39 is 0 Å². The van der Waals surface area contributed by atoms with E-state index in [1.807, 2.05) is 0 Å². The van der Waals surface area contributed by atoms with Crippen molar-refractivity contribution in [2.75, 3.05) is 0 Å². The third-order valence-electron chi connectivity index (χ3n) is 4.64. The summed E-state index contributed by atoms with van der Waals surface area (Å²) in [6, 6.07) is 15.8. The van der Waals surface area contributed by atoms with Gasteiger partial charge in [0.1, 0.15) is 0 Å². The summed E-state index contributed by atoms with van der Waals surface area (Å²) < 4.78 is 0. The first-order valence-corrected chi connectivity index (χ1v) is 8.95. The van der Waals surface area contributed by atoms with Crippen molar-refractivity contribution < 1.29 is 0 Å². The molecule has 0 bridgehead atoms. The molecular weight excluding hydrogens is 268 g/mol. The van der Waals surface area contributed by atoms with E-state index in [2.05, 4.69) is 76.2 Å². The molecule has 0 amide bonds. The molecule has 0 spiro atoms. The van der Waals surface area contributed by atoms with E-state index in [0.29, 0.717) is 5.54 Å². The van der Waals surface area contributed by atoms with Gasteiger partial charge >= 0.3 is 0 Å². The van der Waals surface area contributed by atoms with Crippen LogP contribution in [-0.2, 0) is 5.41 Å². The Balaban J connectivity index is 2.04. The van der Waals surface area contributed by atoms with Crippen LogP contribution in [0, 0.1) is 6.92 Å². The fourth-order valence-corrected chi connectivity index (χ4v) is 4.27. The Morgan fingerprint density at radius 3 is 2.33 bits per heavy atom. The highest BCUT2D eigenvalue weighted by Gasteiger charge is 2.23. The molecule has 0 aromatic heterocycles. The van der Waals surface area contributed by atoms with Gasteiger partial charge in [0.25, 0.3) is 0 Å². The zero-order chi connectivity index (χ0) is 15.2. The van der Waals surface area contributed by atoms with E-state index >= 15 is 0 Å². The Bertz CT molecular complexity index is 717. The molecule has 2 aromatic rings. The molecule has 0 fully saturated rings. The van der Waals surface area contributed by atoms with Crippen LogP contribution in [0.3, 0.4) is 0 Å². The lowest BCUT2D eigenvalue weighted by Gasteiger charge is -2.22. The lowest BCUT2D eigenvalue weighted by atomic mass is 9.84. The lowest BCUT2D eigenvalue weighted by molar-refractivity contribution is 0.589. The first kappa shape index (κ1) is 14.3. The van der Waals surface area contributed by atoms with Crippen molar-refractivity contribution in [3.8, 4) is 0 Å². The highest BCUT2D eigenvalue weighted by molar-refractivity contribution is 6.23. The molecule has 0 saturated carbocycles. The van der Waals surface area contributed by atoms with Crippen molar-refractivity contribution in [1.82, 2.24) is 0 Å². The average molecular weight is 292 g/mol. The monoisotopic (exact) mass is 292 g/mol. The third-order valence-corrected chi connectivity index (χ3v) is 5.89. The van der Waals surface area contributed by atoms with E-state index in [1.165, 1.54) is 43.6 Å². The number of rotatable bonds is 1. The van der Waals surface area contributed by atoms with Crippen LogP contribution in [0.4, 0.5) is 0 Å². The smallest absolute Gasteiger partial charge is 0.0179 e. The molecule has 1 aliphatic carbocycles. The van der Waals surface area contributed by atoms with Crippen LogP contribution in [-0.4, -0.2) is 10.2 Å². The van der Waals surface area contributed by atoms with Crippen LogP contribution in [0.15, 0.2) is 42.5 Å². The first-order valence-electron chi connectivity index (χ1n) is 7.80. The van der Waals surface area contributed by atoms with Crippen LogP contribution in [0.1, 0.15) is 54.1 Å². The molecule has 1 unspecified atom stereocenters. The molecule has 3 rings (SSSR count). The van der Waals surface area contributed by atoms with Gasteiger partial charge in [0.15, 0.2) is 0 Å². The summed E-state index contributed by atoms with van der Waals surface area (Å²) >= 11 is 0. The van der Waals surface area contributed by atoms with E-state index in [0.717, 1.165) is 0 Å². The van der Waals surface area contributed by atoms with Gasteiger partial charge < -0.3 is 0 Å². The highest BCUT2D eigenvalue weighted by atomic mass is 28.1. The van der Waals surface area contributed by atoms with Crippen LogP contribution < -0.4 is 0 Å². The molecule has 21 heavy (non-hydrogen) atoms. The van der Waals surface area contributed by atoms with Crippen LogP contribution in [0.2, 0.25) is 0 Å². The van der Waals surface area contributed by atoms with Gasteiger partial charge in [-0.15, -0.1) is 0 Å². The highest BCUT2D eigenvalue weighted by Crippen LogP contribution is 2.41. The first-order chi connectivity index (χ1) is 9.88. The summed E-state index contributed by atoms with van der Waals surface area (Å²) in [5.41, 5.74) is 9.54. The Kier molecular flexibility index (Phi) is 3.41. The molecule has 0 radical (unpaired) electrons. The van der Waals surface area contributed by atoms with Gasteiger partial charge in [0.05, 0.1) is 0 Å². The number of hydrogen-bond donors (Lipinski definition) is 0. The molecule has 2 aromatic carbocycles. The number of benzene rings is 2. The Morgan fingerprint density at radius 2 is 1.71 bits per heavy atom. The fourth-order valence-electron chi connectivity index (χ4n) is 3.26. The van der Waals surface area contributed by atoms with Gasteiger partial charge in [-0.3, -0.25) is 0 Å². The van der Waals surface area contributed by atoms with Gasteiger partial charge in [0.2, 0.25) is 0 Å². The fraction of sp³-hybridized carbons (Fsp3) is 0.300. The molecule has 108 valence electrons. The van der Waals surface area contributed by atoms with Gasteiger partial charge in [-0.25, -0.2) is 0 Å². The van der Waals surface area contributed by atoms with Crippen LogP contribution >= 0.6 is 0 Å². The van der Waals surface area contributed by atoms with Crippen molar-refractivity contribution in [3.05, 3.63) is 70.3 Å². The van der Waals surface area contributed by atoms with Gasteiger partial charge in [-0.1, -0.05) is 69.3 Å². The number of fused-ring (bicyclic) bond motifs is 1. The molecule has 0 heterocycles. The largest absolute Gasteiger partial charge is 0.0619 e. The molecule has 0 N–H and O–H groups in total. The van der Waals surface area contributed by atoms with Crippen LogP contribution in [0.5, 0.6) is 0 Å². The summed E-state index contributed by atoms with van der Waals surface area (Å²) in [7, 11) is 1.17. The molecular formula is C20H24Si. The molecule has 0 nitrogen and oxygen atoms in total. The maximum Gasteiger partial charge on any atom is 0.0179 e. The number of aryl methyl sites for hydroxylation is 1. The summed E-state index contributed by atoms with van der Waals surface area (Å²) in [6.07, 6.45) is 2.39. The van der Waals surface area contributed by atoms with Crippen molar-refractivity contribution in [3.63, 3.8) is 0 Å². The Hall–Kier alpha value is -1.60. The summed E-state index contributed by atoms with van der Waals surface area (Å²) in [6.45, 7) is 9.09. The summed E-state index contributed by atoms with van der Waals surface area (Å²) in [5.74, 6) is 0. The minimum atomic E-state index is 0.219. The topological polar surface area (TPSA) is 0 Å². The minimum absolute atomic E-state index is 0.219. The molecule has 1 aliphatic rings. The van der Waals surface area contributed by atoms with E-state index in [1.54, 1.807) is 0 Å². The van der Waals surface area contributed by atoms with Gasteiger partial charge in [0, 0.05) is 10.2 Å². The lowest BCUT2D eigenvalue weighted by Crippen LogP contribution is -2.11. The Labute approximate surface area is 131 Å². The maximum atomic E-state index is 2.39. The van der Waals surface area contributed by atoms with E-state index in [4.69, 9.17) is 0 Å². The van der Waals surface area contributed by atoms with Crippen molar-refractivity contribution in [2.45, 2.75) is 38.7 Å².